The highest BCUT2D eigenvalue weighted by atomic mass is 19.1. The lowest BCUT2D eigenvalue weighted by atomic mass is 9.83. The molecular formula is C16H24F2N2. The molecule has 0 aromatic heterocycles. The van der Waals surface area contributed by atoms with Gasteiger partial charge in [0.2, 0.25) is 0 Å². The van der Waals surface area contributed by atoms with E-state index in [0.29, 0.717) is 24.1 Å². The van der Waals surface area contributed by atoms with Crippen molar-refractivity contribution in [1.82, 2.24) is 4.90 Å². The predicted molar refractivity (Wildman–Crippen MR) is 77.3 cm³/mol. The molecule has 1 aromatic rings. The summed E-state index contributed by atoms with van der Waals surface area (Å²) in [6.07, 6.45) is 4.61. The Bertz CT molecular complexity index is 450. The quantitative estimate of drug-likeness (QED) is 0.916. The van der Waals surface area contributed by atoms with E-state index in [2.05, 4.69) is 4.90 Å². The van der Waals surface area contributed by atoms with E-state index in [1.54, 1.807) is 0 Å². The van der Waals surface area contributed by atoms with Crippen molar-refractivity contribution < 1.29 is 8.78 Å². The summed E-state index contributed by atoms with van der Waals surface area (Å²) in [5.41, 5.74) is 6.29. The van der Waals surface area contributed by atoms with Crippen molar-refractivity contribution in [3.8, 4) is 0 Å². The van der Waals surface area contributed by atoms with Crippen molar-refractivity contribution in [2.75, 3.05) is 13.6 Å². The van der Waals surface area contributed by atoms with Crippen LogP contribution < -0.4 is 5.73 Å². The van der Waals surface area contributed by atoms with E-state index >= 15 is 0 Å². The summed E-state index contributed by atoms with van der Waals surface area (Å²) in [7, 11) is 1.99. The molecule has 2 nitrogen and oxygen atoms in total. The van der Waals surface area contributed by atoms with Crippen LogP contribution in [0.3, 0.4) is 0 Å². The Labute approximate surface area is 120 Å². The van der Waals surface area contributed by atoms with E-state index in [4.69, 9.17) is 5.73 Å². The molecule has 0 amide bonds. The maximum absolute atomic E-state index is 13.9. The molecule has 2 N–H and O–H groups in total. The van der Waals surface area contributed by atoms with E-state index in [0.717, 1.165) is 18.9 Å². The first kappa shape index (κ1) is 15.4. The SMILES string of the molecule is CC(c1cc(F)ccc1F)N(C)C1CCCCC1CN. The monoisotopic (exact) mass is 282 g/mol. The second kappa shape index (κ2) is 6.64. The first-order valence-corrected chi connectivity index (χ1v) is 7.41. The molecule has 2 rings (SSSR count). The Morgan fingerprint density at radius 1 is 1.30 bits per heavy atom. The Balaban J connectivity index is 2.18. The Morgan fingerprint density at radius 3 is 2.70 bits per heavy atom. The van der Waals surface area contributed by atoms with Crippen LogP contribution in [0, 0.1) is 17.6 Å². The summed E-state index contributed by atoms with van der Waals surface area (Å²) in [5, 5.41) is 0. The molecule has 0 bridgehead atoms. The van der Waals surface area contributed by atoms with Crippen molar-refractivity contribution >= 4 is 0 Å². The van der Waals surface area contributed by atoms with Crippen LogP contribution in [0.1, 0.15) is 44.2 Å². The summed E-state index contributed by atoms with van der Waals surface area (Å²) in [6.45, 7) is 2.59. The molecule has 3 unspecified atom stereocenters. The molecule has 1 aliphatic rings. The van der Waals surface area contributed by atoms with Gasteiger partial charge in [-0.25, -0.2) is 8.78 Å². The van der Waals surface area contributed by atoms with Crippen molar-refractivity contribution in [3.63, 3.8) is 0 Å². The molecule has 0 aliphatic heterocycles. The largest absolute Gasteiger partial charge is 0.330 e. The van der Waals surface area contributed by atoms with Gasteiger partial charge in [0.15, 0.2) is 0 Å². The molecule has 4 heteroatoms. The van der Waals surface area contributed by atoms with Gasteiger partial charge in [0.1, 0.15) is 11.6 Å². The molecule has 0 radical (unpaired) electrons. The van der Waals surface area contributed by atoms with Crippen LogP contribution in [0.5, 0.6) is 0 Å². The summed E-state index contributed by atoms with van der Waals surface area (Å²) < 4.78 is 27.3. The third kappa shape index (κ3) is 3.18. The number of hydrogen-bond donors (Lipinski definition) is 1. The zero-order valence-corrected chi connectivity index (χ0v) is 12.3. The van der Waals surface area contributed by atoms with Gasteiger partial charge in [0.05, 0.1) is 0 Å². The van der Waals surface area contributed by atoms with Crippen LogP contribution in [0.25, 0.3) is 0 Å². The molecule has 1 aliphatic carbocycles. The zero-order valence-electron chi connectivity index (χ0n) is 12.3. The maximum Gasteiger partial charge on any atom is 0.128 e. The lowest BCUT2D eigenvalue weighted by molar-refractivity contribution is 0.0972. The van der Waals surface area contributed by atoms with Crippen molar-refractivity contribution in [2.24, 2.45) is 11.7 Å². The lowest BCUT2D eigenvalue weighted by Gasteiger charge is -2.40. The molecule has 0 saturated heterocycles. The van der Waals surface area contributed by atoms with E-state index in [1.165, 1.54) is 25.0 Å². The third-order valence-corrected chi connectivity index (χ3v) is 4.71. The Morgan fingerprint density at radius 2 is 2.00 bits per heavy atom. The van der Waals surface area contributed by atoms with Crippen LogP contribution in [-0.2, 0) is 0 Å². The summed E-state index contributed by atoms with van der Waals surface area (Å²) in [6, 6.07) is 3.87. The molecule has 20 heavy (non-hydrogen) atoms. The molecule has 0 spiro atoms. The average Bonchev–Trinajstić information content (AvgIpc) is 2.48. The smallest absolute Gasteiger partial charge is 0.128 e. The standard InChI is InChI=1S/C16H24F2N2/c1-11(14-9-13(17)7-8-15(14)18)20(2)16-6-4-3-5-12(16)10-19/h7-9,11-12,16H,3-6,10,19H2,1-2H3. The van der Waals surface area contributed by atoms with Gasteiger partial charge in [0, 0.05) is 17.6 Å². The summed E-state index contributed by atoms with van der Waals surface area (Å²) in [5.74, 6) is -0.278. The highest BCUT2D eigenvalue weighted by Gasteiger charge is 2.30. The number of benzene rings is 1. The number of rotatable bonds is 4. The summed E-state index contributed by atoms with van der Waals surface area (Å²) >= 11 is 0. The highest BCUT2D eigenvalue weighted by Crippen LogP contribution is 2.33. The van der Waals surface area contributed by atoms with Gasteiger partial charge >= 0.3 is 0 Å². The topological polar surface area (TPSA) is 29.3 Å². The van der Waals surface area contributed by atoms with Gasteiger partial charge < -0.3 is 5.73 Å². The minimum Gasteiger partial charge on any atom is -0.330 e. The van der Waals surface area contributed by atoms with Crippen LogP contribution in [0.2, 0.25) is 0 Å². The molecule has 1 fully saturated rings. The first-order chi connectivity index (χ1) is 9.54. The Hall–Kier alpha value is -1.00. The molecule has 0 heterocycles. The van der Waals surface area contributed by atoms with Crippen LogP contribution in [-0.4, -0.2) is 24.5 Å². The van der Waals surface area contributed by atoms with Crippen molar-refractivity contribution in [3.05, 3.63) is 35.4 Å². The van der Waals surface area contributed by atoms with Gasteiger partial charge in [-0.2, -0.15) is 0 Å². The fourth-order valence-corrected chi connectivity index (χ4v) is 3.34. The molecule has 1 aromatic carbocycles. The fraction of sp³-hybridized carbons (Fsp3) is 0.625. The second-order valence-corrected chi connectivity index (χ2v) is 5.85. The van der Waals surface area contributed by atoms with Crippen molar-refractivity contribution in [1.29, 1.82) is 0 Å². The van der Waals surface area contributed by atoms with Crippen molar-refractivity contribution in [2.45, 2.75) is 44.7 Å². The summed E-state index contributed by atoms with van der Waals surface area (Å²) in [4.78, 5) is 2.16. The van der Waals surface area contributed by atoms with Gasteiger partial charge in [0.25, 0.3) is 0 Å². The maximum atomic E-state index is 13.9. The lowest BCUT2D eigenvalue weighted by Crippen LogP contribution is -2.44. The number of nitrogens with zero attached hydrogens (tertiary/aromatic N) is 1. The number of halogens is 2. The minimum absolute atomic E-state index is 0.150. The second-order valence-electron chi connectivity index (χ2n) is 5.85. The molecular weight excluding hydrogens is 258 g/mol. The van der Waals surface area contributed by atoms with Gasteiger partial charge in [-0.3, -0.25) is 4.90 Å². The van der Waals surface area contributed by atoms with Gasteiger partial charge in [-0.05, 0) is 57.5 Å². The van der Waals surface area contributed by atoms with Gasteiger partial charge in [-0.1, -0.05) is 12.8 Å². The average molecular weight is 282 g/mol. The minimum atomic E-state index is -0.388. The number of hydrogen-bond acceptors (Lipinski definition) is 2. The van der Waals surface area contributed by atoms with Crippen LogP contribution in [0.15, 0.2) is 18.2 Å². The van der Waals surface area contributed by atoms with Crippen LogP contribution in [0.4, 0.5) is 8.78 Å². The van der Waals surface area contributed by atoms with E-state index in [9.17, 15) is 8.78 Å². The molecule has 3 atom stereocenters. The molecule has 112 valence electrons. The number of nitrogens with two attached hydrogens (primary N) is 1. The first-order valence-electron chi connectivity index (χ1n) is 7.41. The normalized spacial score (nSPS) is 24.9. The van der Waals surface area contributed by atoms with Gasteiger partial charge in [-0.15, -0.1) is 0 Å². The highest BCUT2D eigenvalue weighted by molar-refractivity contribution is 5.22. The van der Waals surface area contributed by atoms with E-state index < -0.39 is 0 Å². The Kier molecular flexibility index (Phi) is 5.11. The van der Waals surface area contributed by atoms with Crippen LogP contribution >= 0.6 is 0 Å². The fourth-order valence-electron chi connectivity index (χ4n) is 3.34. The zero-order chi connectivity index (χ0) is 14.7. The molecule has 1 saturated carbocycles. The van der Waals surface area contributed by atoms with E-state index in [-0.39, 0.29) is 17.7 Å². The third-order valence-electron chi connectivity index (χ3n) is 4.71. The predicted octanol–water partition coefficient (Wildman–Crippen LogP) is 3.48. The van der Waals surface area contributed by atoms with E-state index in [1.807, 2.05) is 14.0 Å².